The van der Waals surface area contributed by atoms with Gasteiger partial charge in [-0.25, -0.2) is 0 Å². The van der Waals surface area contributed by atoms with Gasteiger partial charge >= 0.3 is 0 Å². The Bertz CT molecular complexity index is 825. The average molecular weight is 503 g/mol. The zero-order chi connectivity index (χ0) is 23.5. The van der Waals surface area contributed by atoms with Crippen LogP contribution in [0.4, 0.5) is 0 Å². The van der Waals surface area contributed by atoms with Crippen molar-refractivity contribution in [1.29, 1.82) is 0 Å². The second-order valence-electron chi connectivity index (χ2n) is 9.35. The molecule has 2 heterocycles. The van der Waals surface area contributed by atoms with Crippen LogP contribution in [0, 0.1) is 5.92 Å². The van der Waals surface area contributed by atoms with Crippen LogP contribution < -0.4 is 14.8 Å². The lowest BCUT2D eigenvalue weighted by molar-refractivity contribution is -0.124. The number of hydrogen-bond donors (Lipinski definition) is 2. The number of nitrogens with zero attached hydrogens (tertiary/aromatic N) is 1. The van der Waals surface area contributed by atoms with Gasteiger partial charge in [0.25, 0.3) is 0 Å². The van der Waals surface area contributed by atoms with E-state index < -0.39 is 16.1 Å². The Hall–Kier alpha value is -0.960. The molecule has 1 aromatic rings. The van der Waals surface area contributed by atoms with Gasteiger partial charge in [-0.1, -0.05) is 35.9 Å². The quantitative estimate of drug-likeness (QED) is 0.411. The highest BCUT2D eigenvalue weighted by Gasteiger charge is 2.39. The fourth-order valence-electron chi connectivity index (χ4n) is 4.26. The van der Waals surface area contributed by atoms with Crippen LogP contribution in [0.25, 0.3) is 0 Å². The normalized spacial score (nSPS) is 22.4. The summed E-state index contributed by atoms with van der Waals surface area (Å²) in [7, 11) is 0. The first-order chi connectivity index (χ1) is 15.1. The van der Waals surface area contributed by atoms with E-state index in [1.54, 1.807) is 12.1 Å². The number of halogens is 2. The molecule has 0 radical (unpaired) electrons. The number of ether oxygens (including phenoxy) is 1. The number of likely N-dealkylation sites (tertiary alicyclic amines) is 1. The zero-order valence-electron chi connectivity index (χ0n) is 19.0. The molecule has 178 valence electrons. The largest absolute Gasteiger partial charge is 0.598 e. The molecule has 1 amide bonds. The van der Waals surface area contributed by atoms with Crippen LogP contribution in [0.1, 0.15) is 51.6 Å². The lowest BCUT2D eigenvalue weighted by Gasteiger charge is -2.39. The topological polar surface area (TPSA) is 76.7 Å². The van der Waals surface area contributed by atoms with Crippen LogP contribution in [-0.4, -0.2) is 52.4 Å². The first-order valence-electron chi connectivity index (χ1n) is 11.0. The summed E-state index contributed by atoms with van der Waals surface area (Å²) in [5.41, 5.74) is 0.843. The summed E-state index contributed by atoms with van der Waals surface area (Å²) in [6, 6.07) is 3.26. The molecule has 1 aromatic carbocycles. The third-order valence-electron chi connectivity index (χ3n) is 6.04. The zero-order valence-corrected chi connectivity index (χ0v) is 21.3. The van der Waals surface area contributed by atoms with E-state index in [0.717, 1.165) is 44.5 Å². The SMILES string of the molecule is C=CCOc1cc(Cl)c(Cl)cc1C(N[S+]([O-])C(C)(C)C)C1CCN(C2CCNC2=O)CC1. The van der Waals surface area contributed by atoms with E-state index in [4.69, 9.17) is 27.9 Å². The predicted molar refractivity (Wildman–Crippen MR) is 132 cm³/mol. The molecule has 2 N–H and O–H groups in total. The van der Waals surface area contributed by atoms with Crippen LogP contribution in [0.15, 0.2) is 24.8 Å². The molecule has 0 saturated carbocycles. The number of carbonyl (C=O) groups is 1. The lowest BCUT2D eigenvalue weighted by Crippen LogP contribution is -2.48. The highest BCUT2D eigenvalue weighted by atomic mass is 35.5. The smallest absolute Gasteiger partial charge is 0.237 e. The molecule has 0 aromatic heterocycles. The minimum absolute atomic E-state index is 0.0393. The minimum atomic E-state index is -1.29. The van der Waals surface area contributed by atoms with E-state index in [9.17, 15) is 9.35 Å². The molecule has 3 rings (SSSR count). The summed E-state index contributed by atoms with van der Waals surface area (Å²) in [5.74, 6) is 0.933. The maximum absolute atomic E-state index is 13.1. The van der Waals surface area contributed by atoms with Gasteiger partial charge in [-0.2, -0.15) is 0 Å². The molecular weight excluding hydrogens is 469 g/mol. The van der Waals surface area contributed by atoms with Gasteiger partial charge in [-0.05, 0) is 65.1 Å². The first-order valence-corrected chi connectivity index (χ1v) is 12.9. The van der Waals surface area contributed by atoms with Gasteiger partial charge in [0.05, 0.1) is 22.1 Å². The van der Waals surface area contributed by atoms with Crippen molar-refractivity contribution < 1.29 is 14.1 Å². The molecular formula is C23H33Cl2N3O3S. The molecule has 6 nitrogen and oxygen atoms in total. The fourth-order valence-corrected chi connectivity index (χ4v) is 5.49. The van der Waals surface area contributed by atoms with Crippen molar-refractivity contribution >= 4 is 40.5 Å². The minimum Gasteiger partial charge on any atom is -0.598 e. The summed E-state index contributed by atoms with van der Waals surface area (Å²) in [6.45, 7) is 12.3. The van der Waals surface area contributed by atoms with E-state index >= 15 is 0 Å². The van der Waals surface area contributed by atoms with Gasteiger partial charge in [0, 0.05) is 29.5 Å². The van der Waals surface area contributed by atoms with E-state index in [0.29, 0.717) is 22.4 Å². The Morgan fingerprint density at radius 2 is 1.97 bits per heavy atom. The van der Waals surface area contributed by atoms with Crippen molar-refractivity contribution in [2.24, 2.45) is 5.92 Å². The molecule has 0 aliphatic carbocycles. The van der Waals surface area contributed by atoms with Crippen molar-refractivity contribution in [2.45, 2.75) is 56.9 Å². The molecule has 2 fully saturated rings. The molecule has 9 heteroatoms. The number of carbonyl (C=O) groups excluding carboxylic acids is 1. The van der Waals surface area contributed by atoms with E-state index in [-0.39, 0.29) is 23.9 Å². The highest BCUT2D eigenvalue weighted by molar-refractivity contribution is 7.90. The van der Waals surface area contributed by atoms with E-state index in [1.165, 1.54) is 0 Å². The van der Waals surface area contributed by atoms with Crippen molar-refractivity contribution in [2.75, 3.05) is 26.2 Å². The van der Waals surface area contributed by atoms with Crippen molar-refractivity contribution in [3.63, 3.8) is 0 Å². The average Bonchev–Trinajstić information content (AvgIpc) is 3.18. The van der Waals surface area contributed by atoms with Crippen LogP contribution in [0.2, 0.25) is 10.0 Å². The van der Waals surface area contributed by atoms with Gasteiger partial charge in [0.15, 0.2) is 0 Å². The molecule has 2 saturated heterocycles. The third-order valence-corrected chi connectivity index (χ3v) is 8.34. The van der Waals surface area contributed by atoms with Gasteiger partial charge in [-0.15, -0.1) is 4.72 Å². The number of hydrogen-bond acceptors (Lipinski definition) is 5. The third kappa shape index (κ3) is 6.13. The summed E-state index contributed by atoms with van der Waals surface area (Å²) < 4.78 is 22.0. The Morgan fingerprint density at radius 1 is 1.31 bits per heavy atom. The summed E-state index contributed by atoms with van der Waals surface area (Å²) in [4.78, 5) is 14.4. The second kappa shape index (κ2) is 11.0. The number of amides is 1. The lowest BCUT2D eigenvalue weighted by atomic mass is 9.85. The number of nitrogens with one attached hydrogen (secondary N) is 2. The molecule has 3 atom stereocenters. The Balaban J connectivity index is 1.87. The number of benzene rings is 1. The fraction of sp³-hybridized carbons (Fsp3) is 0.609. The van der Waals surface area contributed by atoms with Crippen LogP contribution in [-0.2, 0) is 16.2 Å². The van der Waals surface area contributed by atoms with Crippen molar-refractivity contribution in [1.82, 2.24) is 14.9 Å². The maximum atomic E-state index is 13.1. The van der Waals surface area contributed by atoms with E-state index in [1.807, 2.05) is 26.8 Å². The van der Waals surface area contributed by atoms with Crippen LogP contribution >= 0.6 is 23.2 Å². The standard InChI is InChI=1S/C23H33Cl2N3O3S/c1-5-12-31-20-14-18(25)17(24)13-16(20)21(27-32(30)23(2,3)4)15-7-10-28(11-8-15)19-6-9-26-22(19)29/h5,13-15,19,21,27H,1,6-12H2,2-4H3,(H,26,29). The first kappa shape index (κ1) is 25.7. The summed E-state index contributed by atoms with van der Waals surface area (Å²) >= 11 is 11.4. The van der Waals surface area contributed by atoms with Crippen molar-refractivity contribution in [3.05, 3.63) is 40.4 Å². The van der Waals surface area contributed by atoms with Crippen LogP contribution in [0.5, 0.6) is 5.75 Å². The van der Waals surface area contributed by atoms with Gasteiger partial charge in [-0.3, -0.25) is 9.69 Å². The number of piperidine rings is 1. The maximum Gasteiger partial charge on any atom is 0.237 e. The van der Waals surface area contributed by atoms with Crippen molar-refractivity contribution in [3.8, 4) is 5.75 Å². The predicted octanol–water partition coefficient (Wildman–Crippen LogP) is 4.25. The Kier molecular flexibility index (Phi) is 8.80. The highest BCUT2D eigenvalue weighted by Crippen LogP contribution is 2.41. The molecule has 3 unspecified atom stereocenters. The number of rotatable bonds is 8. The Morgan fingerprint density at radius 3 is 2.53 bits per heavy atom. The van der Waals surface area contributed by atoms with Crippen LogP contribution in [0.3, 0.4) is 0 Å². The van der Waals surface area contributed by atoms with Gasteiger partial charge in [0.1, 0.15) is 17.1 Å². The summed E-state index contributed by atoms with van der Waals surface area (Å²) in [5, 5.41) is 3.76. The van der Waals surface area contributed by atoms with E-state index in [2.05, 4.69) is 21.5 Å². The van der Waals surface area contributed by atoms with Gasteiger partial charge in [0.2, 0.25) is 5.91 Å². The summed E-state index contributed by atoms with van der Waals surface area (Å²) in [6.07, 6.45) is 4.26. The monoisotopic (exact) mass is 501 g/mol. The second-order valence-corrected chi connectivity index (χ2v) is 12.2. The molecule has 0 spiro atoms. The molecule has 32 heavy (non-hydrogen) atoms. The Labute approximate surface area is 204 Å². The molecule has 2 aliphatic rings. The van der Waals surface area contributed by atoms with Gasteiger partial charge < -0.3 is 14.6 Å². The molecule has 2 aliphatic heterocycles. The molecule has 0 bridgehead atoms.